The van der Waals surface area contributed by atoms with E-state index in [-0.39, 0.29) is 5.92 Å². The second-order valence-electron chi connectivity index (χ2n) is 3.69. The third kappa shape index (κ3) is 1.82. The molecule has 0 saturated carbocycles. The fourth-order valence-corrected chi connectivity index (χ4v) is 1.88. The van der Waals surface area contributed by atoms with Crippen LogP contribution in [-0.2, 0) is 17.6 Å². The Kier molecular flexibility index (Phi) is 2.38. The van der Waals surface area contributed by atoms with E-state index in [1.165, 1.54) is 0 Å². The summed E-state index contributed by atoms with van der Waals surface area (Å²) < 4.78 is 0. The molecule has 0 fully saturated rings. The van der Waals surface area contributed by atoms with Crippen LogP contribution in [0.3, 0.4) is 0 Å². The average molecular weight is 202 g/mol. The number of carbonyl (C=O) groups is 1. The van der Waals surface area contributed by atoms with Crippen molar-refractivity contribution < 1.29 is 9.90 Å². The first-order chi connectivity index (χ1) is 7.20. The highest BCUT2D eigenvalue weighted by molar-refractivity contribution is 5.70. The van der Waals surface area contributed by atoms with Crippen molar-refractivity contribution in [1.29, 1.82) is 5.26 Å². The molecule has 1 aliphatic carbocycles. The van der Waals surface area contributed by atoms with E-state index in [0.717, 1.165) is 11.3 Å². The summed E-state index contributed by atoms with van der Waals surface area (Å²) >= 11 is 0. The van der Waals surface area contributed by atoms with Crippen LogP contribution in [0.1, 0.15) is 23.4 Å². The van der Waals surface area contributed by atoms with E-state index in [9.17, 15) is 4.79 Å². The molecule has 15 heavy (non-hydrogen) atoms. The van der Waals surface area contributed by atoms with Gasteiger partial charge in [-0.05, 0) is 30.9 Å². The largest absolute Gasteiger partial charge is 0.481 e. The standard InChI is InChI=1S/C11H10N2O2/c12-6-9-3-1-7-5-8(11(14)15)2-4-10(7)13-9/h1,3,8H,2,4-5H2,(H,14,15). The molecule has 2 rings (SSSR count). The third-order valence-corrected chi connectivity index (χ3v) is 2.73. The van der Waals surface area contributed by atoms with Gasteiger partial charge >= 0.3 is 5.97 Å². The van der Waals surface area contributed by atoms with Crippen LogP contribution < -0.4 is 0 Å². The molecule has 1 unspecified atom stereocenters. The molecule has 0 radical (unpaired) electrons. The molecule has 1 heterocycles. The Morgan fingerprint density at radius 1 is 1.60 bits per heavy atom. The number of carboxylic acid groups (broad SMARTS) is 1. The molecule has 4 heteroatoms. The van der Waals surface area contributed by atoms with Crippen LogP contribution in [0.25, 0.3) is 0 Å². The molecule has 1 aliphatic rings. The Balaban J connectivity index is 2.29. The zero-order chi connectivity index (χ0) is 10.8. The molecular formula is C11H10N2O2. The molecule has 0 saturated heterocycles. The van der Waals surface area contributed by atoms with E-state index < -0.39 is 5.97 Å². The van der Waals surface area contributed by atoms with Crippen molar-refractivity contribution in [2.24, 2.45) is 5.92 Å². The minimum Gasteiger partial charge on any atom is -0.481 e. The molecule has 0 amide bonds. The highest BCUT2D eigenvalue weighted by Crippen LogP contribution is 2.24. The summed E-state index contributed by atoms with van der Waals surface area (Å²) in [5, 5.41) is 17.6. The number of pyridine rings is 1. The lowest BCUT2D eigenvalue weighted by atomic mass is 9.86. The van der Waals surface area contributed by atoms with Crippen LogP contribution in [0.5, 0.6) is 0 Å². The Hall–Kier alpha value is -1.89. The molecule has 0 bridgehead atoms. The third-order valence-electron chi connectivity index (χ3n) is 2.73. The van der Waals surface area contributed by atoms with Crippen molar-refractivity contribution in [3.63, 3.8) is 0 Å². The predicted molar refractivity (Wildman–Crippen MR) is 52.1 cm³/mol. The normalized spacial score (nSPS) is 19.0. The molecule has 1 N–H and O–H groups in total. The van der Waals surface area contributed by atoms with Gasteiger partial charge in [-0.2, -0.15) is 5.26 Å². The highest BCUT2D eigenvalue weighted by Gasteiger charge is 2.24. The SMILES string of the molecule is N#Cc1ccc2c(n1)CCC(C(=O)O)C2. The minimum atomic E-state index is -0.745. The summed E-state index contributed by atoms with van der Waals surface area (Å²) in [7, 11) is 0. The number of nitrogens with zero attached hydrogens (tertiary/aromatic N) is 2. The van der Waals surface area contributed by atoms with Gasteiger partial charge < -0.3 is 5.11 Å². The smallest absolute Gasteiger partial charge is 0.306 e. The lowest BCUT2D eigenvalue weighted by Crippen LogP contribution is -2.23. The lowest BCUT2D eigenvalue weighted by molar-refractivity contribution is -0.142. The van der Waals surface area contributed by atoms with Gasteiger partial charge in [0.1, 0.15) is 11.8 Å². The second-order valence-corrected chi connectivity index (χ2v) is 3.69. The number of fused-ring (bicyclic) bond motifs is 1. The zero-order valence-corrected chi connectivity index (χ0v) is 8.10. The van der Waals surface area contributed by atoms with Gasteiger partial charge in [-0.1, -0.05) is 6.07 Å². The Labute approximate surface area is 87.2 Å². The van der Waals surface area contributed by atoms with Gasteiger partial charge in [0, 0.05) is 5.69 Å². The molecule has 76 valence electrons. The summed E-state index contributed by atoms with van der Waals surface area (Å²) in [6, 6.07) is 5.44. The van der Waals surface area contributed by atoms with Crippen LogP contribution in [-0.4, -0.2) is 16.1 Å². The van der Waals surface area contributed by atoms with Gasteiger partial charge in [-0.3, -0.25) is 4.79 Å². The maximum Gasteiger partial charge on any atom is 0.306 e. The van der Waals surface area contributed by atoms with Gasteiger partial charge in [0.15, 0.2) is 0 Å². The van der Waals surface area contributed by atoms with Crippen LogP contribution in [0.15, 0.2) is 12.1 Å². The van der Waals surface area contributed by atoms with Crippen molar-refractivity contribution in [3.8, 4) is 6.07 Å². The number of hydrogen-bond donors (Lipinski definition) is 1. The van der Waals surface area contributed by atoms with Crippen molar-refractivity contribution in [2.75, 3.05) is 0 Å². The summed E-state index contributed by atoms with van der Waals surface area (Å²) in [4.78, 5) is 15.0. The van der Waals surface area contributed by atoms with Crippen molar-refractivity contribution in [1.82, 2.24) is 4.98 Å². The summed E-state index contributed by atoms with van der Waals surface area (Å²) in [5.74, 6) is -1.04. The van der Waals surface area contributed by atoms with Gasteiger partial charge in [-0.25, -0.2) is 4.98 Å². The summed E-state index contributed by atoms with van der Waals surface area (Å²) in [6.45, 7) is 0. The molecule has 1 atom stereocenters. The number of aliphatic carboxylic acids is 1. The molecule has 0 spiro atoms. The molecule has 1 aromatic heterocycles. The average Bonchev–Trinajstić information content (AvgIpc) is 2.27. The fraction of sp³-hybridized carbons (Fsp3) is 0.364. The first-order valence-electron chi connectivity index (χ1n) is 4.82. The van der Waals surface area contributed by atoms with E-state index in [2.05, 4.69) is 4.98 Å². The number of rotatable bonds is 1. The molecule has 1 aromatic rings. The molecule has 0 aromatic carbocycles. The Morgan fingerprint density at radius 2 is 2.40 bits per heavy atom. The van der Waals surface area contributed by atoms with Gasteiger partial charge in [0.25, 0.3) is 0 Å². The summed E-state index contributed by atoms with van der Waals surface area (Å²) in [6.07, 6.45) is 1.80. The number of aryl methyl sites for hydroxylation is 1. The number of aromatic nitrogens is 1. The number of nitriles is 1. The van der Waals surface area contributed by atoms with Crippen molar-refractivity contribution in [3.05, 3.63) is 29.1 Å². The summed E-state index contributed by atoms with van der Waals surface area (Å²) in [5.41, 5.74) is 2.25. The van der Waals surface area contributed by atoms with Crippen LogP contribution in [0, 0.1) is 17.2 Å². The van der Waals surface area contributed by atoms with Crippen molar-refractivity contribution in [2.45, 2.75) is 19.3 Å². The van der Waals surface area contributed by atoms with Gasteiger partial charge in [0.05, 0.1) is 5.92 Å². The number of hydrogen-bond acceptors (Lipinski definition) is 3. The first kappa shape index (κ1) is 9.66. The van der Waals surface area contributed by atoms with Crippen LogP contribution >= 0.6 is 0 Å². The van der Waals surface area contributed by atoms with E-state index in [1.807, 2.05) is 12.1 Å². The highest BCUT2D eigenvalue weighted by atomic mass is 16.4. The van der Waals surface area contributed by atoms with E-state index in [1.54, 1.807) is 6.07 Å². The monoisotopic (exact) mass is 202 g/mol. The van der Waals surface area contributed by atoms with Crippen LogP contribution in [0.2, 0.25) is 0 Å². The maximum absolute atomic E-state index is 10.8. The van der Waals surface area contributed by atoms with Gasteiger partial charge in [0.2, 0.25) is 0 Å². The maximum atomic E-state index is 10.8. The first-order valence-corrected chi connectivity index (χ1v) is 4.82. The topological polar surface area (TPSA) is 74.0 Å². The fourth-order valence-electron chi connectivity index (χ4n) is 1.88. The molecule has 0 aliphatic heterocycles. The van der Waals surface area contributed by atoms with Crippen LogP contribution in [0.4, 0.5) is 0 Å². The Morgan fingerprint density at radius 3 is 3.07 bits per heavy atom. The predicted octanol–water partition coefficient (Wildman–Crippen LogP) is 1.14. The lowest BCUT2D eigenvalue weighted by Gasteiger charge is -2.20. The minimum absolute atomic E-state index is 0.299. The Bertz CT molecular complexity index is 448. The molecule has 4 nitrogen and oxygen atoms in total. The second kappa shape index (κ2) is 3.70. The van der Waals surface area contributed by atoms with E-state index in [0.29, 0.717) is 25.0 Å². The molecular weight excluding hydrogens is 192 g/mol. The quantitative estimate of drug-likeness (QED) is 0.741. The van der Waals surface area contributed by atoms with Gasteiger partial charge in [-0.15, -0.1) is 0 Å². The zero-order valence-electron chi connectivity index (χ0n) is 8.10. The number of carboxylic acids is 1. The van der Waals surface area contributed by atoms with Crippen molar-refractivity contribution >= 4 is 5.97 Å². The van der Waals surface area contributed by atoms with E-state index in [4.69, 9.17) is 10.4 Å². The van der Waals surface area contributed by atoms with E-state index >= 15 is 0 Å².